The number of thiophene rings is 1. The normalized spacial score (nSPS) is 10.3. The second-order valence-electron chi connectivity index (χ2n) is 5.96. The van der Waals surface area contributed by atoms with Gasteiger partial charge in [-0.05, 0) is 40.5 Å². The second kappa shape index (κ2) is 10.1. The van der Waals surface area contributed by atoms with Crippen molar-refractivity contribution in [3.63, 3.8) is 0 Å². The van der Waals surface area contributed by atoms with Crippen molar-refractivity contribution in [2.45, 2.75) is 6.92 Å². The average molecular weight is 489 g/mol. The van der Waals surface area contributed by atoms with E-state index in [9.17, 15) is 14.4 Å². The lowest BCUT2D eigenvalue weighted by atomic mass is 10.2. The molecule has 0 saturated heterocycles. The number of anilines is 1. The number of nitrogens with one attached hydrogen (secondary N) is 1. The Bertz CT molecular complexity index is 1070. The molecule has 30 heavy (non-hydrogen) atoms. The van der Waals surface area contributed by atoms with E-state index in [-0.39, 0.29) is 17.0 Å². The monoisotopic (exact) mass is 488 g/mol. The number of esters is 2. The zero-order valence-electron chi connectivity index (χ0n) is 15.9. The molecule has 0 unspecified atom stereocenters. The van der Waals surface area contributed by atoms with Crippen LogP contribution in [0.15, 0.2) is 59.3 Å². The molecule has 0 radical (unpaired) electrons. The number of carbonyl (C=O) groups is 3. The summed E-state index contributed by atoms with van der Waals surface area (Å²) in [5.74, 6) is -1.79. The van der Waals surface area contributed by atoms with Crippen molar-refractivity contribution in [2.75, 3.05) is 18.5 Å². The lowest BCUT2D eigenvalue weighted by Crippen LogP contribution is -2.21. The van der Waals surface area contributed by atoms with Crippen LogP contribution in [-0.4, -0.2) is 36.0 Å². The minimum Gasteiger partial charge on any atom is -0.462 e. The molecule has 0 aliphatic heterocycles. The van der Waals surface area contributed by atoms with E-state index < -0.39 is 24.5 Å². The minimum absolute atomic E-state index is 0.211. The summed E-state index contributed by atoms with van der Waals surface area (Å²) in [6.07, 6.45) is 2.87. The highest BCUT2D eigenvalue weighted by Crippen LogP contribution is 2.35. The fourth-order valence-electron chi connectivity index (χ4n) is 2.50. The van der Waals surface area contributed by atoms with Gasteiger partial charge in [-0.15, -0.1) is 11.3 Å². The Labute approximate surface area is 185 Å². The molecule has 2 aromatic heterocycles. The van der Waals surface area contributed by atoms with Crippen LogP contribution in [0.4, 0.5) is 5.69 Å². The fraction of sp³-hybridized carbons (Fsp3) is 0.143. The van der Waals surface area contributed by atoms with Gasteiger partial charge in [0.05, 0.1) is 17.9 Å². The van der Waals surface area contributed by atoms with E-state index in [0.717, 1.165) is 10.4 Å². The van der Waals surface area contributed by atoms with Crippen LogP contribution >= 0.6 is 27.3 Å². The summed E-state index contributed by atoms with van der Waals surface area (Å²) in [6.45, 7) is 1.41. The summed E-state index contributed by atoms with van der Waals surface area (Å²) in [7, 11) is 0. The molecular formula is C21H17BrN2O5S. The number of hydrogen-bond acceptors (Lipinski definition) is 7. The summed E-state index contributed by atoms with van der Waals surface area (Å²) in [5.41, 5.74) is 1.43. The maximum Gasteiger partial charge on any atom is 0.350 e. The number of aromatic nitrogens is 1. The van der Waals surface area contributed by atoms with Crippen LogP contribution in [0.25, 0.3) is 10.4 Å². The first-order valence-electron chi connectivity index (χ1n) is 8.91. The lowest BCUT2D eigenvalue weighted by Gasteiger charge is -2.07. The number of ether oxygens (including phenoxy) is 2. The van der Waals surface area contributed by atoms with Gasteiger partial charge in [0.1, 0.15) is 4.88 Å². The molecule has 1 aromatic carbocycles. The van der Waals surface area contributed by atoms with Gasteiger partial charge in [-0.25, -0.2) is 9.59 Å². The molecule has 0 bridgehead atoms. The SMILES string of the molecule is CCOC(=O)c1sc(-c2ccccc2)cc1NC(=O)COC(=O)c1cncc(Br)c1. The van der Waals surface area contributed by atoms with E-state index in [1.165, 1.54) is 29.8 Å². The molecule has 0 atom stereocenters. The first-order valence-corrected chi connectivity index (χ1v) is 10.5. The van der Waals surface area contributed by atoms with Gasteiger partial charge >= 0.3 is 11.9 Å². The van der Waals surface area contributed by atoms with Gasteiger partial charge in [0, 0.05) is 21.7 Å². The summed E-state index contributed by atoms with van der Waals surface area (Å²) in [6, 6.07) is 12.7. The van der Waals surface area contributed by atoms with Crippen LogP contribution < -0.4 is 5.32 Å². The van der Waals surface area contributed by atoms with E-state index in [1.54, 1.807) is 13.0 Å². The van der Waals surface area contributed by atoms with Gasteiger partial charge < -0.3 is 14.8 Å². The third-order valence-corrected chi connectivity index (χ3v) is 5.40. The molecule has 2 heterocycles. The van der Waals surface area contributed by atoms with Crippen molar-refractivity contribution in [1.29, 1.82) is 0 Å². The Morgan fingerprint density at radius 2 is 1.83 bits per heavy atom. The van der Waals surface area contributed by atoms with Crippen molar-refractivity contribution in [3.05, 3.63) is 69.8 Å². The molecule has 3 rings (SSSR count). The maximum absolute atomic E-state index is 12.3. The second-order valence-corrected chi connectivity index (χ2v) is 7.92. The highest BCUT2D eigenvalue weighted by atomic mass is 79.9. The first kappa shape index (κ1) is 21.7. The predicted molar refractivity (Wildman–Crippen MR) is 117 cm³/mol. The van der Waals surface area contributed by atoms with Crippen molar-refractivity contribution in [2.24, 2.45) is 0 Å². The topological polar surface area (TPSA) is 94.6 Å². The van der Waals surface area contributed by atoms with E-state index in [0.29, 0.717) is 10.2 Å². The Balaban J connectivity index is 1.72. The highest BCUT2D eigenvalue weighted by molar-refractivity contribution is 9.10. The highest BCUT2D eigenvalue weighted by Gasteiger charge is 2.20. The number of benzene rings is 1. The van der Waals surface area contributed by atoms with E-state index >= 15 is 0 Å². The van der Waals surface area contributed by atoms with Gasteiger partial charge in [0.25, 0.3) is 5.91 Å². The fourth-order valence-corrected chi connectivity index (χ4v) is 3.88. The predicted octanol–water partition coefficient (Wildman–Crippen LogP) is 4.54. The molecule has 1 N–H and O–H groups in total. The smallest absolute Gasteiger partial charge is 0.350 e. The molecule has 0 spiro atoms. The molecule has 0 saturated carbocycles. The van der Waals surface area contributed by atoms with Gasteiger partial charge in [0.2, 0.25) is 0 Å². The number of carbonyl (C=O) groups excluding carboxylic acids is 3. The van der Waals surface area contributed by atoms with Gasteiger partial charge in [-0.1, -0.05) is 30.3 Å². The molecular weight excluding hydrogens is 472 g/mol. The van der Waals surface area contributed by atoms with Crippen LogP contribution in [0.2, 0.25) is 0 Å². The van der Waals surface area contributed by atoms with Gasteiger partial charge in [0.15, 0.2) is 6.61 Å². The summed E-state index contributed by atoms with van der Waals surface area (Å²) in [4.78, 5) is 41.7. The van der Waals surface area contributed by atoms with Crippen molar-refractivity contribution < 1.29 is 23.9 Å². The van der Waals surface area contributed by atoms with Crippen LogP contribution in [0, 0.1) is 0 Å². The third kappa shape index (κ3) is 5.52. The number of halogens is 1. The quantitative estimate of drug-likeness (QED) is 0.490. The molecule has 0 aliphatic carbocycles. The molecule has 7 nitrogen and oxygen atoms in total. The number of rotatable bonds is 7. The zero-order chi connectivity index (χ0) is 21.5. The average Bonchev–Trinajstić information content (AvgIpc) is 3.16. The van der Waals surface area contributed by atoms with Crippen molar-refractivity contribution >= 4 is 50.8 Å². The number of pyridine rings is 1. The molecule has 0 fully saturated rings. The van der Waals surface area contributed by atoms with Crippen LogP contribution in [0.5, 0.6) is 0 Å². The van der Waals surface area contributed by atoms with Crippen LogP contribution in [-0.2, 0) is 14.3 Å². The third-order valence-electron chi connectivity index (χ3n) is 3.80. The van der Waals surface area contributed by atoms with E-state index in [2.05, 4.69) is 26.2 Å². The maximum atomic E-state index is 12.3. The Hall–Kier alpha value is -3.04. The Morgan fingerprint density at radius 1 is 1.07 bits per heavy atom. The van der Waals surface area contributed by atoms with Crippen molar-refractivity contribution in [1.82, 2.24) is 4.98 Å². The molecule has 9 heteroatoms. The molecule has 154 valence electrons. The van der Waals surface area contributed by atoms with Crippen LogP contribution in [0.1, 0.15) is 27.0 Å². The largest absolute Gasteiger partial charge is 0.462 e. The molecule has 3 aromatic rings. The minimum atomic E-state index is -0.681. The number of hydrogen-bond donors (Lipinski definition) is 1. The number of amides is 1. The van der Waals surface area contributed by atoms with Gasteiger partial charge in [-0.2, -0.15) is 0 Å². The first-order chi connectivity index (χ1) is 14.5. The molecule has 1 amide bonds. The summed E-state index contributed by atoms with van der Waals surface area (Å²) < 4.78 is 10.7. The Kier molecular flexibility index (Phi) is 7.31. The summed E-state index contributed by atoms with van der Waals surface area (Å²) >= 11 is 4.43. The van der Waals surface area contributed by atoms with E-state index in [1.807, 2.05) is 30.3 Å². The zero-order valence-corrected chi connectivity index (χ0v) is 18.3. The lowest BCUT2D eigenvalue weighted by molar-refractivity contribution is -0.119. The van der Waals surface area contributed by atoms with Crippen molar-refractivity contribution in [3.8, 4) is 10.4 Å². The Morgan fingerprint density at radius 3 is 2.53 bits per heavy atom. The number of nitrogens with zero attached hydrogens (tertiary/aromatic N) is 1. The molecule has 0 aliphatic rings. The van der Waals surface area contributed by atoms with Crippen LogP contribution in [0.3, 0.4) is 0 Å². The van der Waals surface area contributed by atoms with E-state index in [4.69, 9.17) is 9.47 Å². The summed E-state index contributed by atoms with van der Waals surface area (Å²) in [5, 5.41) is 2.63. The van der Waals surface area contributed by atoms with Gasteiger partial charge in [-0.3, -0.25) is 9.78 Å². The standard InChI is InChI=1S/C21H17BrN2O5S/c1-2-28-21(27)19-16(9-17(30-19)13-6-4-3-5-7-13)24-18(25)12-29-20(26)14-8-15(22)11-23-10-14/h3-11H,2,12H2,1H3,(H,24,25).